The van der Waals surface area contributed by atoms with E-state index in [0.29, 0.717) is 13.0 Å². The smallest absolute Gasteiger partial charge is 0.305 e. The fraction of sp³-hybridized carbons (Fsp3) is 0.654. The molecule has 0 fully saturated rings. The zero-order valence-corrected chi connectivity index (χ0v) is 18.5. The highest BCUT2D eigenvalue weighted by molar-refractivity contribution is 5.69. The van der Waals surface area contributed by atoms with Crippen LogP contribution in [0.5, 0.6) is 0 Å². The molecule has 0 atom stereocenters. The number of esters is 1. The molecular weight excluding hydrogens is 344 g/mol. The number of hydrogen-bond donors (Lipinski definition) is 0. The molecule has 0 aromatic carbocycles. The van der Waals surface area contributed by atoms with E-state index in [0.717, 1.165) is 44.9 Å². The van der Waals surface area contributed by atoms with E-state index in [1.54, 1.807) is 0 Å². The highest BCUT2D eigenvalue weighted by atomic mass is 16.5. The summed E-state index contributed by atoms with van der Waals surface area (Å²) >= 11 is 0. The quantitative estimate of drug-likeness (QED) is 0.126. The van der Waals surface area contributed by atoms with Crippen LogP contribution in [0, 0.1) is 0 Å². The van der Waals surface area contributed by atoms with Crippen LogP contribution in [-0.4, -0.2) is 12.6 Å². The molecule has 28 heavy (non-hydrogen) atoms. The van der Waals surface area contributed by atoms with Crippen LogP contribution in [0.15, 0.2) is 48.6 Å². The predicted molar refractivity (Wildman–Crippen MR) is 124 cm³/mol. The Bertz CT molecular complexity index is 443. The van der Waals surface area contributed by atoms with Crippen molar-refractivity contribution in [2.45, 2.75) is 104 Å². The van der Waals surface area contributed by atoms with E-state index in [-0.39, 0.29) is 5.97 Å². The van der Waals surface area contributed by atoms with Gasteiger partial charge in [-0.15, -0.1) is 0 Å². The molecule has 0 aliphatic rings. The molecule has 0 amide bonds. The van der Waals surface area contributed by atoms with E-state index < -0.39 is 0 Å². The molecule has 0 saturated carbocycles. The van der Waals surface area contributed by atoms with Crippen molar-refractivity contribution < 1.29 is 9.53 Å². The standard InChI is InChI=1S/C26H44O2/c1-3-5-7-9-10-11-12-13-14-15-16-17-18-19-20-21-22-24-26(27)28-25-23-8-6-4-2/h10-11,13-14,16-17,19-20H,3-9,12,15,18,21-25H2,1-2H3/b11-10-,14-13-,17-16-,20-19-. The summed E-state index contributed by atoms with van der Waals surface area (Å²) in [6, 6.07) is 0. The first-order valence-electron chi connectivity index (χ1n) is 11.6. The van der Waals surface area contributed by atoms with Crippen molar-refractivity contribution in [3.05, 3.63) is 48.6 Å². The van der Waals surface area contributed by atoms with Crippen molar-refractivity contribution in [3.8, 4) is 0 Å². The molecule has 0 aliphatic heterocycles. The zero-order chi connectivity index (χ0) is 20.5. The Hall–Kier alpha value is -1.57. The lowest BCUT2D eigenvalue weighted by Crippen LogP contribution is -2.05. The highest BCUT2D eigenvalue weighted by Gasteiger charge is 2.00. The molecule has 0 heterocycles. The lowest BCUT2D eigenvalue weighted by atomic mass is 10.2. The van der Waals surface area contributed by atoms with Gasteiger partial charge >= 0.3 is 5.97 Å². The van der Waals surface area contributed by atoms with E-state index in [4.69, 9.17) is 4.74 Å². The van der Waals surface area contributed by atoms with Crippen molar-refractivity contribution >= 4 is 5.97 Å². The fourth-order valence-corrected chi connectivity index (χ4v) is 2.71. The minimum Gasteiger partial charge on any atom is -0.466 e. The largest absolute Gasteiger partial charge is 0.466 e. The summed E-state index contributed by atoms with van der Waals surface area (Å²) in [5.41, 5.74) is 0. The summed E-state index contributed by atoms with van der Waals surface area (Å²) in [5, 5.41) is 0. The van der Waals surface area contributed by atoms with Gasteiger partial charge in [0.15, 0.2) is 0 Å². The number of rotatable bonds is 19. The van der Waals surface area contributed by atoms with Gasteiger partial charge in [0.1, 0.15) is 0 Å². The number of unbranched alkanes of at least 4 members (excludes halogenated alkanes) is 7. The first kappa shape index (κ1) is 26.4. The van der Waals surface area contributed by atoms with Gasteiger partial charge < -0.3 is 4.74 Å². The third-order valence-corrected chi connectivity index (χ3v) is 4.47. The molecule has 0 N–H and O–H groups in total. The Morgan fingerprint density at radius 1 is 0.607 bits per heavy atom. The van der Waals surface area contributed by atoms with E-state index in [2.05, 4.69) is 62.5 Å². The minimum absolute atomic E-state index is 0.0487. The lowest BCUT2D eigenvalue weighted by molar-refractivity contribution is -0.143. The molecule has 0 aromatic rings. The summed E-state index contributed by atoms with van der Waals surface area (Å²) in [6.45, 7) is 5.01. The second kappa shape index (κ2) is 23.5. The van der Waals surface area contributed by atoms with Crippen LogP contribution >= 0.6 is 0 Å². The average molecular weight is 389 g/mol. The Balaban J connectivity index is 3.44. The van der Waals surface area contributed by atoms with Gasteiger partial charge in [0.2, 0.25) is 0 Å². The number of carbonyl (C=O) groups excluding carboxylic acids is 1. The van der Waals surface area contributed by atoms with Gasteiger partial charge in [-0.1, -0.05) is 94.6 Å². The van der Waals surface area contributed by atoms with Crippen molar-refractivity contribution in [2.75, 3.05) is 6.61 Å². The topological polar surface area (TPSA) is 26.3 Å². The van der Waals surface area contributed by atoms with Crippen LogP contribution in [0.25, 0.3) is 0 Å². The Labute approximate surface area is 174 Å². The first-order chi connectivity index (χ1) is 13.8. The zero-order valence-electron chi connectivity index (χ0n) is 18.5. The molecule has 0 aromatic heterocycles. The molecule has 0 spiro atoms. The SMILES string of the molecule is CCCCC/C=C\C/C=C\C/C=C\C/C=C\CCCC(=O)OCCCCCC. The van der Waals surface area contributed by atoms with Crippen LogP contribution in [0.1, 0.15) is 104 Å². The molecule has 0 rings (SSSR count). The molecule has 0 radical (unpaired) electrons. The van der Waals surface area contributed by atoms with Gasteiger partial charge in [-0.3, -0.25) is 4.79 Å². The maximum Gasteiger partial charge on any atom is 0.305 e. The van der Waals surface area contributed by atoms with E-state index in [1.165, 1.54) is 38.5 Å². The Kier molecular flexibility index (Phi) is 22.2. The second-order valence-electron chi connectivity index (χ2n) is 7.26. The van der Waals surface area contributed by atoms with E-state index in [9.17, 15) is 4.79 Å². The molecular formula is C26H44O2. The van der Waals surface area contributed by atoms with Crippen LogP contribution in [0.4, 0.5) is 0 Å². The van der Waals surface area contributed by atoms with Crippen LogP contribution in [-0.2, 0) is 9.53 Å². The highest BCUT2D eigenvalue weighted by Crippen LogP contribution is 2.03. The monoisotopic (exact) mass is 388 g/mol. The first-order valence-corrected chi connectivity index (χ1v) is 11.6. The number of carbonyl (C=O) groups is 1. The van der Waals surface area contributed by atoms with Crippen molar-refractivity contribution in [3.63, 3.8) is 0 Å². The van der Waals surface area contributed by atoms with Crippen molar-refractivity contribution in [1.82, 2.24) is 0 Å². The van der Waals surface area contributed by atoms with Gasteiger partial charge in [-0.2, -0.15) is 0 Å². The maximum atomic E-state index is 11.6. The number of allylic oxidation sites excluding steroid dienone is 8. The van der Waals surface area contributed by atoms with E-state index in [1.807, 2.05) is 0 Å². The van der Waals surface area contributed by atoms with Gasteiger partial charge in [0.05, 0.1) is 6.61 Å². The minimum atomic E-state index is -0.0487. The summed E-state index contributed by atoms with van der Waals surface area (Å²) < 4.78 is 5.23. The molecule has 160 valence electrons. The Morgan fingerprint density at radius 2 is 1.11 bits per heavy atom. The Morgan fingerprint density at radius 3 is 1.68 bits per heavy atom. The fourth-order valence-electron chi connectivity index (χ4n) is 2.71. The van der Waals surface area contributed by atoms with E-state index >= 15 is 0 Å². The van der Waals surface area contributed by atoms with Crippen LogP contribution in [0.3, 0.4) is 0 Å². The summed E-state index contributed by atoms with van der Waals surface area (Å²) in [6.07, 6.45) is 32.9. The second-order valence-corrected chi connectivity index (χ2v) is 7.26. The van der Waals surface area contributed by atoms with Gasteiger partial charge in [0, 0.05) is 6.42 Å². The van der Waals surface area contributed by atoms with Gasteiger partial charge in [-0.25, -0.2) is 0 Å². The summed E-state index contributed by atoms with van der Waals surface area (Å²) in [5.74, 6) is -0.0487. The number of hydrogen-bond acceptors (Lipinski definition) is 2. The van der Waals surface area contributed by atoms with Crippen LogP contribution < -0.4 is 0 Å². The molecule has 0 bridgehead atoms. The van der Waals surface area contributed by atoms with Crippen LogP contribution in [0.2, 0.25) is 0 Å². The average Bonchev–Trinajstić information content (AvgIpc) is 2.70. The summed E-state index contributed by atoms with van der Waals surface area (Å²) in [7, 11) is 0. The maximum absolute atomic E-state index is 11.6. The summed E-state index contributed by atoms with van der Waals surface area (Å²) in [4.78, 5) is 11.6. The molecule has 0 saturated heterocycles. The molecule has 0 unspecified atom stereocenters. The van der Waals surface area contributed by atoms with Crippen molar-refractivity contribution in [2.24, 2.45) is 0 Å². The normalized spacial score (nSPS) is 12.2. The van der Waals surface area contributed by atoms with Crippen molar-refractivity contribution in [1.29, 1.82) is 0 Å². The third kappa shape index (κ3) is 22.5. The molecule has 2 heteroatoms. The predicted octanol–water partition coefficient (Wildman–Crippen LogP) is 8.26. The molecule has 2 nitrogen and oxygen atoms in total. The van der Waals surface area contributed by atoms with Gasteiger partial charge in [0.25, 0.3) is 0 Å². The molecule has 0 aliphatic carbocycles. The van der Waals surface area contributed by atoms with Gasteiger partial charge in [-0.05, 0) is 51.4 Å². The third-order valence-electron chi connectivity index (χ3n) is 4.47. The number of ether oxygens (including phenoxy) is 1. The lowest BCUT2D eigenvalue weighted by Gasteiger charge is -2.03.